The van der Waals surface area contributed by atoms with Gasteiger partial charge in [0.25, 0.3) is 0 Å². The van der Waals surface area contributed by atoms with Gasteiger partial charge in [0.05, 0.1) is 6.10 Å². The average Bonchev–Trinajstić information content (AvgIpc) is 2.52. The zero-order chi connectivity index (χ0) is 17.2. The molecule has 2 nitrogen and oxygen atoms in total. The Bertz CT molecular complexity index is 216. The van der Waals surface area contributed by atoms with Crippen LogP contribution in [0, 0.1) is 5.92 Å². The van der Waals surface area contributed by atoms with E-state index in [-0.39, 0.29) is 6.10 Å². The standard InChI is InChI=1S/C21H44O2/c1-20(2)16-12-11-14-18-21(23)17-13-9-7-5-3-4-6-8-10-15-19-22/h20-23H,3-19H2,1-2H3. The van der Waals surface area contributed by atoms with Gasteiger partial charge in [0, 0.05) is 6.61 Å². The van der Waals surface area contributed by atoms with Gasteiger partial charge in [0.1, 0.15) is 0 Å². The van der Waals surface area contributed by atoms with Crippen molar-refractivity contribution in [2.75, 3.05) is 6.61 Å². The largest absolute Gasteiger partial charge is 0.396 e. The molecule has 2 heteroatoms. The van der Waals surface area contributed by atoms with E-state index < -0.39 is 0 Å². The Kier molecular flexibility index (Phi) is 18.2. The van der Waals surface area contributed by atoms with Gasteiger partial charge in [-0.25, -0.2) is 0 Å². The third kappa shape index (κ3) is 19.9. The van der Waals surface area contributed by atoms with Crippen molar-refractivity contribution in [3.63, 3.8) is 0 Å². The first-order chi connectivity index (χ1) is 11.2. The van der Waals surface area contributed by atoms with Crippen LogP contribution >= 0.6 is 0 Å². The van der Waals surface area contributed by atoms with Gasteiger partial charge in [-0.05, 0) is 25.2 Å². The average molecular weight is 329 g/mol. The summed E-state index contributed by atoms with van der Waals surface area (Å²) in [5.41, 5.74) is 0. The van der Waals surface area contributed by atoms with E-state index in [0.717, 1.165) is 25.2 Å². The maximum Gasteiger partial charge on any atom is 0.0540 e. The molecule has 0 saturated carbocycles. The van der Waals surface area contributed by atoms with Crippen molar-refractivity contribution < 1.29 is 10.2 Å². The lowest BCUT2D eigenvalue weighted by molar-refractivity contribution is 0.147. The highest BCUT2D eigenvalue weighted by molar-refractivity contribution is 4.58. The number of hydrogen-bond donors (Lipinski definition) is 2. The van der Waals surface area contributed by atoms with Crippen molar-refractivity contribution in [1.29, 1.82) is 0 Å². The van der Waals surface area contributed by atoms with Crippen molar-refractivity contribution in [3.05, 3.63) is 0 Å². The van der Waals surface area contributed by atoms with E-state index in [1.165, 1.54) is 83.5 Å². The molecular weight excluding hydrogens is 284 g/mol. The highest BCUT2D eigenvalue weighted by atomic mass is 16.3. The molecule has 2 N–H and O–H groups in total. The smallest absolute Gasteiger partial charge is 0.0540 e. The van der Waals surface area contributed by atoms with Crippen molar-refractivity contribution in [3.8, 4) is 0 Å². The van der Waals surface area contributed by atoms with Gasteiger partial charge >= 0.3 is 0 Å². The zero-order valence-corrected chi connectivity index (χ0v) is 16.1. The molecule has 0 aromatic heterocycles. The summed E-state index contributed by atoms with van der Waals surface area (Å²) in [6, 6.07) is 0. The molecule has 0 rings (SSSR count). The maximum atomic E-state index is 9.98. The lowest BCUT2D eigenvalue weighted by atomic mass is 10.0. The Morgan fingerprint density at radius 3 is 1.30 bits per heavy atom. The van der Waals surface area contributed by atoms with Crippen LogP contribution < -0.4 is 0 Å². The molecule has 0 aliphatic heterocycles. The molecule has 0 amide bonds. The van der Waals surface area contributed by atoms with Crippen LogP contribution in [0.5, 0.6) is 0 Å². The summed E-state index contributed by atoms with van der Waals surface area (Å²) >= 11 is 0. The van der Waals surface area contributed by atoms with Crippen LogP contribution in [-0.4, -0.2) is 22.9 Å². The Balaban J connectivity index is 3.13. The van der Waals surface area contributed by atoms with Crippen molar-refractivity contribution >= 4 is 0 Å². The highest BCUT2D eigenvalue weighted by Crippen LogP contribution is 2.15. The van der Waals surface area contributed by atoms with Gasteiger partial charge in [-0.15, -0.1) is 0 Å². The normalized spacial score (nSPS) is 12.9. The predicted octanol–water partition coefficient (Wildman–Crippen LogP) is 6.24. The van der Waals surface area contributed by atoms with E-state index in [2.05, 4.69) is 13.8 Å². The minimum Gasteiger partial charge on any atom is -0.396 e. The molecule has 0 aromatic rings. The summed E-state index contributed by atoms with van der Waals surface area (Å²) in [5, 5.41) is 18.7. The summed E-state index contributed by atoms with van der Waals surface area (Å²) in [4.78, 5) is 0. The van der Waals surface area contributed by atoms with E-state index >= 15 is 0 Å². The van der Waals surface area contributed by atoms with Crippen LogP contribution in [0.1, 0.15) is 117 Å². The van der Waals surface area contributed by atoms with E-state index in [4.69, 9.17) is 5.11 Å². The van der Waals surface area contributed by atoms with Gasteiger partial charge in [-0.3, -0.25) is 0 Å². The highest BCUT2D eigenvalue weighted by Gasteiger charge is 2.04. The van der Waals surface area contributed by atoms with E-state index in [1.54, 1.807) is 0 Å². The molecule has 23 heavy (non-hydrogen) atoms. The lowest BCUT2D eigenvalue weighted by Crippen LogP contribution is -2.06. The summed E-state index contributed by atoms with van der Waals surface area (Å²) in [6.07, 6.45) is 19.7. The van der Waals surface area contributed by atoms with Gasteiger partial charge in [-0.2, -0.15) is 0 Å². The van der Waals surface area contributed by atoms with E-state index in [9.17, 15) is 5.11 Å². The third-order valence-corrected chi connectivity index (χ3v) is 4.76. The lowest BCUT2D eigenvalue weighted by Gasteiger charge is -2.10. The SMILES string of the molecule is CC(C)CCCCCC(O)CCCCCCCCCCCCO. The van der Waals surface area contributed by atoms with Crippen LogP contribution in [0.2, 0.25) is 0 Å². The Hall–Kier alpha value is -0.0800. The molecule has 0 saturated heterocycles. The van der Waals surface area contributed by atoms with Gasteiger partial charge in [0.2, 0.25) is 0 Å². The van der Waals surface area contributed by atoms with Gasteiger partial charge in [-0.1, -0.05) is 97.3 Å². The first-order valence-corrected chi connectivity index (χ1v) is 10.5. The molecule has 1 unspecified atom stereocenters. The summed E-state index contributed by atoms with van der Waals surface area (Å²) in [6.45, 7) is 4.92. The molecule has 0 spiro atoms. The molecular formula is C21H44O2. The number of hydrogen-bond acceptors (Lipinski definition) is 2. The Morgan fingerprint density at radius 1 is 0.522 bits per heavy atom. The van der Waals surface area contributed by atoms with Crippen LogP contribution in [0.25, 0.3) is 0 Å². The van der Waals surface area contributed by atoms with Gasteiger partial charge < -0.3 is 10.2 Å². The number of aliphatic hydroxyl groups is 2. The Labute approximate surface area is 146 Å². The summed E-state index contributed by atoms with van der Waals surface area (Å²) in [7, 11) is 0. The quantitative estimate of drug-likeness (QED) is 0.292. The molecule has 0 heterocycles. The second-order valence-corrected chi connectivity index (χ2v) is 7.73. The van der Waals surface area contributed by atoms with Gasteiger partial charge in [0.15, 0.2) is 0 Å². The molecule has 1 atom stereocenters. The molecule has 0 aliphatic carbocycles. The number of unbranched alkanes of at least 4 members (excludes halogenated alkanes) is 11. The molecule has 0 aliphatic rings. The van der Waals surface area contributed by atoms with Crippen LogP contribution in [0.3, 0.4) is 0 Å². The van der Waals surface area contributed by atoms with Crippen molar-refractivity contribution in [2.45, 2.75) is 123 Å². The minimum atomic E-state index is -0.0550. The van der Waals surface area contributed by atoms with Crippen molar-refractivity contribution in [2.24, 2.45) is 5.92 Å². The third-order valence-electron chi connectivity index (χ3n) is 4.76. The second-order valence-electron chi connectivity index (χ2n) is 7.73. The first-order valence-electron chi connectivity index (χ1n) is 10.5. The maximum absolute atomic E-state index is 9.98. The fourth-order valence-corrected chi connectivity index (χ4v) is 3.16. The van der Waals surface area contributed by atoms with Crippen molar-refractivity contribution in [1.82, 2.24) is 0 Å². The van der Waals surface area contributed by atoms with Crippen LogP contribution in [0.4, 0.5) is 0 Å². The number of rotatable bonds is 18. The molecule has 0 radical (unpaired) electrons. The Morgan fingerprint density at radius 2 is 0.870 bits per heavy atom. The predicted molar refractivity (Wildman–Crippen MR) is 102 cm³/mol. The van der Waals surface area contributed by atoms with Crippen LogP contribution in [-0.2, 0) is 0 Å². The minimum absolute atomic E-state index is 0.0550. The monoisotopic (exact) mass is 328 g/mol. The fraction of sp³-hybridized carbons (Fsp3) is 1.00. The first kappa shape index (κ1) is 22.9. The topological polar surface area (TPSA) is 40.5 Å². The molecule has 0 fully saturated rings. The zero-order valence-electron chi connectivity index (χ0n) is 16.1. The molecule has 0 bridgehead atoms. The molecule has 140 valence electrons. The molecule has 0 aromatic carbocycles. The second kappa shape index (κ2) is 18.3. The summed E-state index contributed by atoms with van der Waals surface area (Å²) in [5.74, 6) is 0.820. The fourth-order valence-electron chi connectivity index (χ4n) is 3.16. The van der Waals surface area contributed by atoms with E-state index in [1.807, 2.05) is 0 Å². The number of aliphatic hydroxyl groups excluding tert-OH is 2. The van der Waals surface area contributed by atoms with Crippen LogP contribution in [0.15, 0.2) is 0 Å². The van der Waals surface area contributed by atoms with E-state index in [0.29, 0.717) is 6.61 Å². The summed E-state index contributed by atoms with van der Waals surface area (Å²) < 4.78 is 0.